The molecular formula is C12H22N2OS. The molecule has 0 aromatic heterocycles. The first-order valence-electron chi connectivity index (χ1n) is 6.11. The van der Waals surface area contributed by atoms with Gasteiger partial charge in [0.05, 0.1) is 12.6 Å². The van der Waals surface area contributed by atoms with Crippen molar-refractivity contribution in [3.63, 3.8) is 0 Å². The summed E-state index contributed by atoms with van der Waals surface area (Å²) in [6.07, 6.45) is 4.59. The van der Waals surface area contributed by atoms with Gasteiger partial charge in [0.2, 0.25) is 0 Å². The van der Waals surface area contributed by atoms with E-state index < -0.39 is 0 Å². The van der Waals surface area contributed by atoms with Gasteiger partial charge in [-0.25, -0.2) is 0 Å². The van der Waals surface area contributed by atoms with Crippen LogP contribution in [0, 0.1) is 0 Å². The Hall–Kier alpha value is -0.190. The Morgan fingerprint density at radius 3 is 3.12 bits per heavy atom. The molecule has 3 nitrogen and oxygen atoms in total. The molecule has 0 saturated carbocycles. The fourth-order valence-electron chi connectivity index (χ4n) is 2.37. The molecule has 2 heterocycles. The molecule has 0 spiro atoms. The lowest BCUT2D eigenvalue weighted by molar-refractivity contribution is 0.134. The lowest BCUT2D eigenvalue weighted by atomic mass is 10.0. The molecule has 0 amide bonds. The maximum absolute atomic E-state index is 5.80. The predicted molar refractivity (Wildman–Crippen MR) is 69.9 cm³/mol. The highest BCUT2D eigenvalue weighted by molar-refractivity contribution is 7.99. The van der Waals surface area contributed by atoms with E-state index in [2.05, 4.69) is 35.1 Å². The van der Waals surface area contributed by atoms with Crippen LogP contribution in [0.25, 0.3) is 0 Å². The van der Waals surface area contributed by atoms with E-state index in [9.17, 15) is 0 Å². The molecule has 2 aliphatic rings. The minimum absolute atomic E-state index is 0.359. The lowest BCUT2D eigenvalue weighted by Gasteiger charge is -2.38. The van der Waals surface area contributed by atoms with E-state index in [-0.39, 0.29) is 0 Å². The zero-order valence-corrected chi connectivity index (χ0v) is 11.1. The van der Waals surface area contributed by atoms with Gasteiger partial charge in [0.15, 0.2) is 0 Å². The first-order chi connectivity index (χ1) is 7.83. The Morgan fingerprint density at radius 1 is 1.62 bits per heavy atom. The predicted octanol–water partition coefficient (Wildman–Crippen LogP) is 1.32. The number of rotatable bonds is 3. The minimum atomic E-state index is 0.359. The molecule has 1 saturated heterocycles. The lowest BCUT2D eigenvalue weighted by Crippen LogP contribution is -2.53. The fourth-order valence-corrected chi connectivity index (χ4v) is 3.65. The molecule has 0 aromatic carbocycles. The van der Waals surface area contributed by atoms with E-state index in [1.54, 1.807) is 0 Å². The van der Waals surface area contributed by atoms with Crippen LogP contribution in [-0.4, -0.2) is 55.7 Å². The van der Waals surface area contributed by atoms with Crippen molar-refractivity contribution in [2.75, 3.05) is 38.8 Å². The maximum atomic E-state index is 5.80. The van der Waals surface area contributed by atoms with Crippen LogP contribution >= 0.6 is 11.8 Å². The standard InChI is InChI=1S/C12H22N2OS/c1-13-12(11-5-3-4-7-15-11)10-9-16-8-6-14(10)2/h5,10,12-13H,3-4,6-9H2,1-2H3. The molecule has 2 atom stereocenters. The molecular weight excluding hydrogens is 220 g/mol. The van der Waals surface area contributed by atoms with Gasteiger partial charge in [-0.1, -0.05) is 0 Å². The number of ether oxygens (including phenoxy) is 1. The number of hydrogen-bond acceptors (Lipinski definition) is 4. The number of nitrogens with one attached hydrogen (secondary N) is 1. The highest BCUT2D eigenvalue weighted by atomic mass is 32.2. The first-order valence-corrected chi connectivity index (χ1v) is 7.26. The summed E-state index contributed by atoms with van der Waals surface area (Å²) >= 11 is 2.05. The Kier molecular flexibility index (Phi) is 4.55. The second-order valence-corrected chi connectivity index (χ2v) is 5.64. The molecule has 92 valence electrons. The molecule has 0 bridgehead atoms. The molecule has 2 rings (SSSR count). The summed E-state index contributed by atoms with van der Waals surface area (Å²) in [4.78, 5) is 2.45. The third-order valence-electron chi connectivity index (χ3n) is 3.41. The van der Waals surface area contributed by atoms with Crippen LogP contribution < -0.4 is 5.32 Å². The van der Waals surface area contributed by atoms with Gasteiger partial charge in [-0.2, -0.15) is 11.8 Å². The second-order valence-electron chi connectivity index (χ2n) is 4.49. The average molecular weight is 242 g/mol. The summed E-state index contributed by atoms with van der Waals surface area (Å²) in [5.41, 5.74) is 0. The van der Waals surface area contributed by atoms with E-state index in [0.717, 1.165) is 25.2 Å². The number of hydrogen-bond donors (Lipinski definition) is 1. The smallest absolute Gasteiger partial charge is 0.111 e. The van der Waals surface area contributed by atoms with Crippen molar-refractivity contribution in [2.45, 2.75) is 24.9 Å². The zero-order chi connectivity index (χ0) is 11.4. The monoisotopic (exact) mass is 242 g/mol. The molecule has 2 unspecified atom stereocenters. The van der Waals surface area contributed by atoms with Crippen LogP contribution in [0.1, 0.15) is 12.8 Å². The third-order valence-corrected chi connectivity index (χ3v) is 4.46. The number of nitrogens with zero attached hydrogens (tertiary/aromatic N) is 1. The number of thioether (sulfide) groups is 1. The third kappa shape index (κ3) is 2.73. The van der Waals surface area contributed by atoms with Gasteiger partial charge in [0.1, 0.15) is 5.76 Å². The van der Waals surface area contributed by atoms with Crippen molar-refractivity contribution in [3.05, 3.63) is 11.8 Å². The van der Waals surface area contributed by atoms with Gasteiger partial charge in [0, 0.05) is 24.1 Å². The fraction of sp³-hybridized carbons (Fsp3) is 0.833. The minimum Gasteiger partial charge on any atom is -0.497 e. The van der Waals surface area contributed by atoms with Crippen LogP contribution in [0.4, 0.5) is 0 Å². The van der Waals surface area contributed by atoms with Gasteiger partial charge in [0.25, 0.3) is 0 Å². The van der Waals surface area contributed by atoms with Gasteiger partial charge < -0.3 is 10.1 Å². The molecule has 16 heavy (non-hydrogen) atoms. The summed E-state index contributed by atoms with van der Waals surface area (Å²) in [5, 5.41) is 3.42. The highest BCUT2D eigenvalue weighted by Gasteiger charge is 2.30. The summed E-state index contributed by atoms with van der Waals surface area (Å²) in [7, 11) is 4.26. The van der Waals surface area contributed by atoms with E-state index in [1.165, 1.54) is 18.1 Å². The maximum Gasteiger partial charge on any atom is 0.111 e. The van der Waals surface area contributed by atoms with Crippen molar-refractivity contribution in [2.24, 2.45) is 0 Å². The largest absolute Gasteiger partial charge is 0.497 e. The molecule has 2 aliphatic heterocycles. The SMILES string of the molecule is CNC(C1=CCCCO1)C1CSCCN1C. The van der Waals surface area contributed by atoms with Crippen molar-refractivity contribution >= 4 is 11.8 Å². The molecule has 0 aliphatic carbocycles. The quantitative estimate of drug-likeness (QED) is 0.806. The average Bonchev–Trinajstić information content (AvgIpc) is 2.34. The van der Waals surface area contributed by atoms with Crippen LogP contribution in [0.5, 0.6) is 0 Å². The molecule has 4 heteroatoms. The highest BCUT2D eigenvalue weighted by Crippen LogP contribution is 2.23. The Labute approximate surface area is 103 Å². The number of allylic oxidation sites excluding steroid dienone is 1. The van der Waals surface area contributed by atoms with Gasteiger partial charge in [-0.15, -0.1) is 0 Å². The molecule has 0 aromatic rings. The second kappa shape index (κ2) is 5.94. The zero-order valence-electron chi connectivity index (χ0n) is 10.2. The van der Waals surface area contributed by atoms with Crippen LogP contribution in [0.3, 0.4) is 0 Å². The van der Waals surface area contributed by atoms with E-state index in [0.29, 0.717) is 12.1 Å². The van der Waals surface area contributed by atoms with Gasteiger partial charge in [-0.05, 0) is 33.0 Å². The van der Waals surface area contributed by atoms with Gasteiger partial charge >= 0.3 is 0 Å². The topological polar surface area (TPSA) is 24.5 Å². The molecule has 0 radical (unpaired) electrons. The first kappa shape index (κ1) is 12.3. The van der Waals surface area contributed by atoms with Crippen LogP contribution in [0.15, 0.2) is 11.8 Å². The molecule has 1 fully saturated rings. The summed E-state index contributed by atoms with van der Waals surface area (Å²) in [6, 6.07) is 0.922. The summed E-state index contributed by atoms with van der Waals surface area (Å²) < 4.78 is 5.80. The summed E-state index contributed by atoms with van der Waals surface area (Å²) in [5.74, 6) is 3.61. The summed E-state index contributed by atoms with van der Waals surface area (Å²) in [6.45, 7) is 2.06. The van der Waals surface area contributed by atoms with E-state index in [4.69, 9.17) is 4.74 Å². The molecule has 1 N–H and O–H groups in total. The van der Waals surface area contributed by atoms with Crippen molar-refractivity contribution < 1.29 is 4.74 Å². The Morgan fingerprint density at radius 2 is 2.50 bits per heavy atom. The van der Waals surface area contributed by atoms with E-state index >= 15 is 0 Å². The van der Waals surface area contributed by atoms with Crippen LogP contribution in [0.2, 0.25) is 0 Å². The normalized spacial score (nSPS) is 29.4. The van der Waals surface area contributed by atoms with Gasteiger partial charge in [-0.3, -0.25) is 4.90 Å². The van der Waals surface area contributed by atoms with Crippen LogP contribution in [-0.2, 0) is 4.74 Å². The number of likely N-dealkylation sites (N-methyl/N-ethyl adjacent to an activating group) is 2. The van der Waals surface area contributed by atoms with Crippen molar-refractivity contribution in [1.29, 1.82) is 0 Å². The van der Waals surface area contributed by atoms with E-state index in [1.807, 2.05) is 7.05 Å². The van der Waals surface area contributed by atoms with Crippen molar-refractivity contribution in [3.8, 4) is 0 Å². The van der Waals surface area contributed by atoms with Crippen molar-refractivity contribution in [1.82, 2.24) is 10.2 Å². The Bertz CT molecular complexity index is 257. The Balaban J connectivity index is 2.05.